The van der Waals surface area contributed by atoms with Gasteiger partial charge in [-0.2, -0.15) is 0 Å². The lowest BCUT2D eigenvalue weighted by Crippen LogP contribution is -2.55. The molecule has 10 heteroatoms. The Bertz CT molecular complexity index is 1780. The molecule has 0 aliphatic heterocycles. The summed E-state index contributed by atoms with van der Waals surface area (Å²) in [5, 5.41) is 3.38. The van der Waals surface area contributed by atoms with Crippen LogP contribution in [0.5, 0.6) is 0 Å². The van der Waals surface area contributed by atoms with E-state index in [4.69, 9.17) is 23.2 Å². The highest BCUT2D eigenvalue weighted by molar-refractivity contribution is 7.92. The van der Waals surface area contributed by atoms with Crippen molar-refractivity contribution in [1.29, 1.82) is 0 Å². The summed E-state index contributed by atoms with van der Waals surface area (Å²) in [6.45, 7) is 1.44. The van der Waals surface area contributed by atoms with Crippen molar-refractivity contribution < 1.29 is 18.0 Å². The third-order valence-corrected chi connectivity index (χ3v) is 11.2. The number of aryl methyl sites for hydroxylation is 1. The van der Waals surface area contributed by atoms with Gasteiger partial charge in [-0.05, 0) is 60.7 Å². The highest BCUT2D eigenvalue weighted by Crippen LogP contribution is 2.35. The van der Waals surface area contributed by atoms with Gasteiger partial charge in [0.25, 0.3) is 10.0 Å². The number of halogens is 2. The highest BCUT2D eigenvalue weighted by atomic mass is 35.5. The van der Waals surface area contributed by atoms with Crippen molar-refractivity contribution in [2.24, 2.45) is 0 Å². The summed E-state index contributed by atoms with van der Waals surface area (Å²) in [6, 6.07) is 28.8. The maximum atomic E-state index is 14.7. The Balaban J connectivity index is 1.59. The van der Waals surface area contributed by atoms with Gasteiger partial charge in [0.05, 0.1) is 20.6 Å². The van der Waals surface area contributed by atoms with Gasteiger partial charge >= 0.3 is 0 Å². The minimum atomic E-state index is -4.29. The molecule has 4 aromatic rings. The first-order valence-corrected chi connectivity index (χ1v) is 18.0. The van der Waals surface area contributed by atoms with Gasteiger partial charge < -0.3 is 10.2 Å². The molecular formula is C37H39Cl2N3O4S. The SMILES string of the molecule is Cc1ccccc1CN(C(=O)CN(c1cccc(Cl)c1Cl)S(=O)(=O)c1ccccc1)[C@@H](Cc1ccccc1)C(=O)NC1CCCCC1. The number of carbonyl (C=O) groups excluding carboxylic acids is 2. The summed E-state index contributed by atoms with van der Waals surface area (Å²) in [4.78, 5) is 30.4. The third kappa shape index (κ3) is 8.55. The molecule has 0 spiro atoms. The monoisotopic (exact) mass is 691 g/mol. The van der Waals surface area contributed by atoms with E-state index in [-0.39, 0.29) is 45.5 Å². The molecular weight excluding hydrogens is 653 g/mol. The van der Waals surface area contributed by atoms with Crippen molar-refractivity contribution in [3.8, 4) is 0 Å². The molecule has 7 nitrogen and oxygen atoms in total. The van der Waals surface area contributed by atoms with Gasteiger partial charge in [0.1, 0.15) is 12.6 Å². The normalized spacial score (nSPS) is 14.3. The molecule has 1 atom stereocenters. The Hall–Kier alpha value is -3.85. The number of carbonyl (C=O) groups is 2. The van der Waals surface area contributed by atoms with Crippen molar-refractivity contribution in [2.45, 2.75) is 69.0 Å². The lowest BCUT2D eigenvalue weighted by Gasteiger charge is -2.35. The smallest absolute Gasteiger partial charge is 0.264 e. The van der Waals surface area contributed by atoms with Crippen LogP contribution in [0.2, 0.25) is 10.0 Å². The number of hydrogen-bond donors (Lipinski definition) is 1. The molecule has 1 fully saturated rings. The first kappa shape index (κ1) is 34.5. The van der Waals surface area contributed by atoms with E-state index in [0.717, 1.165) is 53.1 Å². The summed E-state index contributed by atoms with van der Waals surface area (Å²) in [5.41, 5.74) is 2.75. The van der Waals surface area contributed by atoms with Crippen LogP contribution in [-0.4, -0.2) is 43.8 Å². The standard InChI is InChI=1S/C37H39Cl2N3O4S/c1-27-14-11-12-17-29(27)25-41(34(24-28-15-5-2-6-16-28)37(44)40-30-18-7-3-8-19-30)35(43)26-42(33-23-13-22-32(38)36(33)39)47(45,46)31-20-9-4-10-21-31/h2,4-6,9-17,20-23,30,34H,3,7-8,18-19,24-26H2,1H3,(H,40,44)/t34-/m0/s1. The molecule has 1 aliphatic carbocycles. The summed E-state index contributed by atoms with van der Waals surface area (Å²) >= 11 is 12.9. The molecule has 47 heavy (non-hydrogen) atoms. The van der Waals surface area contributed by atoms with Crippen molar-refractivity contribution in [1.82, 2.24) is 10.2 Å². The highest BCUT2D eigenvalue weighted by Gasteiger charge is 2.36. The largest absolute Gasteiger partial charge is 0.352 e. The van der Waals surface area contributed by atoms with Gasteiger partial charge in [0.2, 0.25) is 11.8 Å². The van der Waals surface area contributed by atoms with E-state index < -0.39 is 28.5 Å². The summed E-state index contributed by atoms with van der Waals surface area (Å²) in [5.74, 6) is -0.815. The predicted molar refractivity (Wildman–Crippen MR) is 188 cm³/mol. The fraction of sp³-hybridized carbons (Fsp3) is 0.297. The fourth-order valence-corrected chi connectivity index (χ4v) is 7.88. The van der Waals surface area contributed by atoms with E-state index in [9.17, 15) is 18.0 Å². The second-order valence-corrected chi connectivity index (χ2v) is 14.5. The molecule has 1 saturated carbocycles. The van der Waals surface area contributed by atoms with Gasteiger partial charge in [0.15, 0.2) is 0 Å². The predicted octanol–water partition coefficient (Wildman–Crippen LogP) is 7.59. The van der Waals surface area contributed by atoms with Crippen LogP contribution in [-0.2, 0) is 32.6 Å². The van der Waals surface area contributed by atoms with Gasteiger partial charge in [-0.25, -0.2) is 8.42 Å². The maximum absolute atomic E-state index is 14.7. The summed E-state index contributed by atoms with van der Waals surface area (Å²) < 4.78 is 29.4. The zero-order valence-corrected chi connectivity index (χ0v) is 28.6. The molecule has 5 rings (SSSR count). The molecule has 4 aromatic carbocycles. The molecule has 0 aromatic heterocycles. The van der Waals surface area contributed by atoms with Crippen LogP contribution in [0.15, 0.2) is 108 Å². The molecule has 1 N–H and O–H groups in total. The van der Waals surface area contributed by atoms with Crippen molar-refractivity contribution in [3.63, 3.8) is 0 Å². The zero-order chi connectivity index (χ0) is 33.4. The molecule has 2 amide bonds. The molecule has 0 radical (unpaired) electrons. The van der Waals surface area contributed by atoms with Crippen LogP contribution in [0.4, 0.5) is 5.69 Å². The molecule has 0 saturated heterocycles. The van der Waals surface area contributed by atoms with E-state index in [2.05, 4.69) is 5.32 Å². The Labute approximate surface area is 287 Å². The quantitative estimate of drug-likeness (QED) is 0.166. The first-order valence-electron chi connectivity index (χ1n) is 15.8. The minimum absolute atomic E-state index is 0.00260. The average Bonchev–Trinajstić information content (AvgIpc) is 3.08. The van der Waals surface area contributed by atoms with E-state index in [1.54, 1.807) is 30.3 Å². The van der Waals surface area contributed by atoms with Crippen LogP contribution in [0, 0.1) is 6.92 Å². The zero-order valence-electron chi connectivity index (χ0n) is 26.3. The van der Waals surface area contributed by atoms with Gasteiger partial charge in [-0.15, -0.1) is 0 Å². The topological polar surface area (TPSA) is 86.8 Å². The van der Waals surface area contributed by atoms with E-state index in [1.165, 1.54) is 23.1 Å². The minimum Gasteiger partial charge on any atom is -0.352 e. The van der Waals surface area contributed by atoms with Crippen LogP contribution in [0.25, 0.3) is 0 Å². The van der Waals surface area contributed by atoms with Gasteiger partial charge in [0, 0.05) is 19.0 Å². The number of hydrogen-bond acceptors (Lipinski definition) is 4. The molecule has 0 heterocycles. The number of nitrogens with zero attached hydrogens (tertiary/aromatic N) is 2. The van der Waals surface area contributed by atoms with Crippen molar-refractivity contribution >= 4 is 50.7 Å². The Morgan fingerprint density at radius 2 is 1.47 bits per heavy atom. The molecule has 0 unspecified atom stereocenters. The van der Waals surface area contributed by atoms with Crippen LogP contribution in [0.3, 0.4) is 0 Å². The lowest BCUT2D eigenvalue weighted by atomic mass is 9.94. The van der Waals surface area contributed by atoms with Crippen LogP contribution < -0.4 is 9.62 Å². The number of amides is 2. The second kappa shape index (κ2) is 15.8. The Morgan fingerprint density at radius 1 is 0.830 bits per heavy atom. The average molecular weight is 693 g/mol. The summed E-state index contributed by atoms with van der Waals surface area (Å²) in [6.07, 6.45) is 5.22. The number of sulfonamides is 1. The van der Waals surface area contributed by atoms with Crippen LogP contribution >= 0.6 is 23.2 Å². The Kier molecular flexibility index (Phi) is 11.6. The third-order valence-electron chi connectivity index (χ3n) is 8.63. The molecule has 1 aliphatic rings. The summed E-state index contributed by atoms with van der Waals surface area (Å²) in [7, 11) is -4.29. The van der Waals surface area contributed by atoms with Gasteiger partial charge in [-0.1, -0.05) is 121 Å². The fourth-order valence-electron chi connectivity index (χ4n) is 5.99. The molecule has 246 valence electrons. The van der Waals surface area contributed by atoms with E-state index in [0.29, 0.717) is 0 Å². The Morgan fingerprint density at radius 3 is 2.15 bits per heavy atom. The number of rotatable bonds is 12. The van der Waals surface area contributed by atoms with Crippen LogP contribution in [0.1, 0.15) is 48.8 Å². The van der Waals surface area contributed by atoms with Gasteiger partial charge in [-0.3, -0.25) is 13.9 Å². The number of anilines is 1. The number of benzene rings is 4. The van der Waals surface area contributed by atoms with E-state index in [1.807, 2.05) is 61.5 Å². The number of nitrogens with one attached hydrogen (secondary N) is 1. The maximum Gasteiger partial charge on any atom is 0.264 e. The second-order valence-electron chi connectivity index (χ2n) is 11.9. The first-order chi connectivity index (χ1) is 22.6. The van der Waals surface area contributed by atoms with E-state index >= 15 is 0 Å². The lowest BCUT2D eigenvalue weighted by molar-refractivity contribution is -0.140. The van der Waals surface area contributed by atoms with Crippen molar-refractivity contribution in [3.05, 3.63) is 130 Å². The van der Waals surface area contributed by atoms with Crippen molar-refractivity contribution in [2.75, 3.05) is 10.8 Å². The molecule has 0 bridgehead atoms.